The SMILES string of the molecule is Cc1csc(CO)c1S(=O)(=O)N(C)C(C)C. The molecule has 1 heterocycles. The third kappa shape index (κ3) is 2.29. The Kier molecular flexibility index (Phi) is 4.12. The van der Waals surface area contributed by atoms with Gasteiger partial charge in [0.25, 0.3) is 0 Å². The molecule has 0 radical (unpaired) electrons. The minimum Gasteiger partial charge on any atom is -0.391 e. The smallest absolute Gasteiger partial charge is 0.244 e. The summed E-state index contributed by atoms with van der Waals surface area (Å²) in [6.45, 7) is 5.14. The van der Waals surface area contributed by atoms with Crippen LogP contribution < -0.4 is 0 Å². The van der Waals surface area contributed by atoms with Gasteiger partial charge < -0.3 is 5.11 Å². The lowest BCUT2D eigenvalue weighted by Gasteiger charge is -2.21. The molecule has 1 aromatic rings. The molecule has 0 aliphatic heterocycles. The topological polar surface area (TPSA) is 57.6 Å². The summed E-state index contributed by atoms with van der Waals surface area (Å²) in [5, 5.41) is 10.9. The average Bonchev–Trinajstić information content (AvgIpc) is 2.58. The molecule has 0 unspecified atom stereocenters. The van der Waals surface area contributed by atoms with E-state index in [1.54, 1.807) is 19.4 Å². The molecule has 1 rings (SSSR count). The lowest BCUT2D eigenvalue weighted by molar-refractivity contribution is 0.282. The van der Waals surface area contributed by atoms with Crippen molar-refractivity contribution in [2.75, 3.05) is 7.05 Å². The fourth-order valence-electron chi connectivity index (χ4n) is 1.36. The number of aliphatic hydroxyl groups is 1. The molecule has 4 nitrogen and oxygen atoms in total. The Morgan fingerprint density at radius 2 is 2.06 bits per heavy atom. The Morgan fingerprint density at radius 1 is 1.50 bits per heavy atom. The van der Waals surface area contributed by atoms with E-state index in [0.29, 0.717) is 10.4 Å². The van der Waals surface area contributed by atoms with Crippen molar-refractivity contribution in [1.82, 2.24) is 4.31 Å². The molecule has 16 heavy (non-hydrogen) atoms. The second-order valence-corrected chi connectivity index (χ2v) is 6.84. The van der Waals surface area contributed by atoms with Crippen LogP contribution in [0.25, 0.3) is 0 Å². The predicted octanol–water partition coefficient (Wildman–Crippen LogP) is 1.58. The molecule has 0 bridgehead atoms. The van der Waals surface area contributed by atoms with Crippen molar-refractivity contribution in [2.45, 2.75) is 38.3 Å². The molecule has 1 aromatic heterocycles. The predicted molar refractivity (Wildman–Crippen MR) is 65.1 cm³/mol. The zero-order chi connectivity index (χ0) is 12.5. The van der Waals surface area contributed by atoms with Gasteiger partial charge in [-0.2, -0.15) is 4.31 Å². The van der Waals surface area contributed by atoms with Crippen molar-refractivity contribution in [3.8, 4) is 0 Å². The Balaban J connectivity index is 3.32. The first-order valence-electron chi connectivity index (χ1n) is 4.98. The Morgan fingerprint density at radius 3 is 2.50 bits per heavy atom. The van der Waals surface area contributed by atoms with Crippen LogP contribution in [-0.2, 0) is 16.6 Å². The maximum absolute atomic E-state index is 12.3. The monoisotopic (exact) mass is 263 g/mol. The molecule has 0 spiro atoms. The van der Waals surface area contributed by atoms with E-state index >= 15 is 0 Å². The van der Waals surface area contributed by atoms with E-state index in [1.807, 2.05) is 13.8 Å². The van der Waals surface area contributed by atoms with Crippen molar-refractivity contribution < 1.29 is 13.5 Å². The normalized spacial score (nSPS) is 12.7. The molecule has 6 heteroatoms. The first kappa shape index (κ1) is 13.6. The van der Waals surface area contributed by atoms with Gasteiger partial charge in [0.1, 0.15) is 4.90 Å². The highest BCUT2D eigenvalue weighted by molar-refractivity contribution is 7.89. The Labute approximate surface area is 101 Å². The lowest BCUT2D eigenvalue weighted by Crippen LogP contribution is -2.33. The summed E-state index contributed by atoms with van der Waals surface area (Å²) < 4.78 is 25.8. The Hall–Kier alpha value is -0.430. The summed E-state index contributed by atoms with van der Waals surface area (Å²) >= 11 is 1.28. The van der Waals surface area contributed by atoms with Crippen molar-refractivity contribution in [3.05, 3.63) is 15.8 Å². The molecular weight excluding hydrogens is 246 g/mol. The second kappa shape index (κ2) is 4.83. The van der Waals surface area contributed by atoms with Gasteiger partial charge in [-0.05, 0) is 31.7 Å². The maximum Gasteiger partial charge on any atom is 0.244 e. The van der Waals surface area contributed by atoms with Crippen LogP contribution in [0.1, 0.15) is 24.3 Å². The largest absolute Gasteiger partial charge is 0.391 e. The van der Waals surface area contributed by atoms with Crippen molar-refractivity contribution in [3.63, 3.8) is 0 Å². The van der Waals surface area contributed by atoms with Crippen LogP contribution >= 0.6 is 11.3 Å². The van der Waals surface area contributed by atoms with Gasteiger partial charge in [-0.3, -0.25) is 0 Å². The molecular formula is C10H17NO3S2. The third-order valence-electron chi connectivity index (χ3n) is 2.50. The molecule has 0 aliphatic carbocycles. The zero-order valence-electron chi connectivity index (χ0n) is 9.89. The molecule has 0 aromatic carbocycles. The number of aryl methyl sites for hydroxylation is 1. The van der Waals surface area contributed by atoms with Crippen LogP contribution in [-0.4, -0.2) is 30.9 Å². The van der Waals surface area contributed by atoms with E-state index < -0.39 is 10.0 Å². The van der Waals surface area contributed by atoms with Crippen molar-refractivity contribution in [2.24, 2.45) is 0 Å². The standard InChI is InChI=1S/C10H17NO3S2/c1-7(2)11(4)16(13,14)10-8(3)6-15-9(10)5-12/h6-7,12H,5H2,1-4H3. The fraction of sp³-hybridized carbons (Fsp3) is 0.600. The van der Waals surface area contributed by atoms with Gasteiger partial charge in [0.05, 0.1) is 11.5 Å². The van der Waals surface area contributed by atoms with Crippen molar-refractivity contribution in [1.29, 1.82) is 0 Å². The number of nitrogens with zero attached hydrogens (tertiary/aromatic N) is 1. The van der Waals surface area contributed by atoms with E-state index in [-0.39, 0.29) is 17.5 Å². The summed E-state index contributed by atoms with van der Waals surface area (Å²) in [5.74, 6) is 0. The molecule has 0 saturated carbocycles. The summed E-state index contributed by atoms with van der Waals surface area (Å²) in [6.07, 6.45) is 0. The lowest BCUT2D eigenvalue weighted by atomic mass is 10.3. The fourth-order valence-corrected chi connectivity index (χ4v) is 4.34. The van der Waals surface area contributed by atoms with Crippen LogP contribution in [0.5, 0.6) is 0 Å². The van der Waals surface area contributed by atoms with Crippen LogP contribution in [0, 0.1) is 6.92 Å². The highest BCUT2D eigenvalue weighted by atomic mass is 32.2. The van der Waals surface area contributed by atoms with E-state index in [1.165, 1.54) is 15.6 Å². The second-order valence-electron chi connectivity index (χ2n) is 3.94. The average molecular weight is 263 g/mol. The Bertz CT molecular complexity index is 462. The number of rotatable bonds is 4. The minimum atomic E-state index is -3.48. The minimum absolute atomic E-state index is 0.101. The third-order valence-corrected chi connectivity index (χ3v) is 5.98. The number of thiophene rings is 1. The van der Waals surface area contributed by atoms with Gasteiger partial charge >= 0.3 is 0 Å². The van der Waals surface area contributed by atoms with E-state index in [4.69, 9.17) is 5.11 Å². The zero-order valence-corrected chi connectivity index (χ0v) is 11.5. The molecule has 0 aliphatic rings. The van der Waals surface area contributed by atoms with E-state index in [2.05, 4.69) is 0 Å². The van der Waals surface area contributed by atoms with Gasteiger partial charge in [0, 0.05) is 13.1 Å². The van der Waals surface area contributed by atoms with Gasteiger partial charge in [-0.15, -0.1) is 11.3 Å². The van der Waals surface area contributed by atoms with Crippen LogP contribution in [0.3, 0.4) is 0 Å². The summed E-state index contributed by atoms with van der Waals surface area (Å²) in [7, 11) is -1.93. The van der Waals surface area contributed by atoms with Gasteiger partial charge in [0.2, 0.25) is 10.0 Å². The molecule has 0 amide bonds. The highest BCUT2D eigenvalue weighted by Crippen LogP contribution is 2.29. The number of sulfonamides is 1. The number of hydrogen-bond acceptors (Lipinski definition) is 4. The van der Waals surface area contributed by atoms with Gasteiger partial charge in [0.15, 0.2) is 0 Å². The summed E-state index contributed by atoms with van der Waals surface area (Å²) in [4.78, 5) is 0.765. The first-order chi connectivity index (χ1) is 7.32. The molecule has 92 valence electrons. The number of hydrogen-bond donors (Lipinski definition) is 1. The van der Waals surface area contributed by atoms with Crippen LogP contribution in [0.15, 0.2) is 10.3 Å². The van der Waals surface area contributed by atoms with Crippen LogP contribution in [0.2, 0.25) is 0 Å². The van der Waals surface area contributed by atoms with Crippen molar-refractivity contribution >= 4 is 21.4 Å². The molecule has 1 N–H and O–H groups in total. The van der Waals surface area contributed by atoms with E-state index in [9.17, 15) is 8.42 Å². The first-order valence-corrected chi connectivity index (χ1v) is 7.30. The van der Waals surface area contributed by atoms with Gasteiger partial charge in [-0.25, -0.2) is 8.42 Å². The summed E-state index contributed by atoms with van der Waals surface area (Å²) in [6, 6.07) is -0.101. The number of aliphatic hydroxyl groups excluding tert-OH is 1. The summed E-state index contributed by atoms with van der Waals surface area (Å²) in [5.41, 5.74) is 0.696. The highest BCUT2D eigenvalue weighted by Gasteiger charge is 2.28. The molecule has 0 saturated heterocycles. The van der Waals surface area contributed by atoms with Gasteiger partial charge in [-0.1, -0.05) is 0 Å². The molecule has 0 atom stereocenters. The maximum atomic E-state index is 12.3. The molecule has 0 fully saturated rings. The van der Waals surface area contributed by atoms with Crippen LogP contribution in [0.4, 0.5) is 0 Å². The van der Waals surface area contributed by atoms with E-state index in [0.717, 1.165) is 0 Å². The quantitative estimate of drug-likeness (QED) is 0.897.